The Bertz CT molecular complexity index is 860. The molecule has 0 spiro atoms. The van der Waals surface area contributed by atoms with Gasteiger partial charge in [-0.1, -0.05) is 72.1 Å². The van der Waals surface area contributed by atoms with Gasteiger partial charge in [-0.3, -0.25) is 4.79 Å². The van der Waals surface area contributed by atoms with E-state index in [0.29, 0.717) is 35.7 Å². The van der Waals surface area contributed by atoms with Crippen LogP contribution in [0, 0.1) is 46.3 Å². The molecule has 0 aromatic carbocycles. The van der Waals surface area contributed by atoms with Crippen molar-refractivity contribution < 1.29 is 9.53 Å². The Morgan fingerprint density at radius 1 is 1.11 bits per heavy atom. The number of rotatable bonds is 10. The van der Waals surface area contributed by atoms with Crippen molar-refractivity contribution in [3.8, 4) is 0 Å². The van der Waals surface area contributed by atoms with Crippen molar-refractivity contribution in [3.63, 3.8) is 0 Å². The smallest absolute Gasteiger partial charge is 0.248 e. The second-order valence-corrected chi connectivity index (χ2v) is 14.5. The van der Waals surface area contributed by atoms with Gasteiger partial charge < -0.3 is 9.64 Å². The fraction of sp³-hybridized carbons (Fsp3) is 0.853. The summed E-state index contributed by atoms with van der Waals surface area (Å²) in [7, 11) is 1.85. The molecular weight excluding hydrogens is 454 g/mol. The lowest BCUT2D eigenvalue weighted by atomic mass is 9.47. The van der Waals surface area contributed by atoms with Crippen molar-refractivity contribution in [3.05, 3.63) is 23.8 Å². The van der Waals surface area contributed by atoms with Gasteiger partial charge in [-0.2, -0.15) is 0 Å². The molecule has 8 atom stereocenters. The topological polar surface area (TPSA) is 29.5 Å². The number of carbonyl (C=O) groups is 1. The average Bonchev–Trinajstić information content (AvgIpc) is 3.20. The van der Waals surface area contributed by atoms with Crippen LogP contribution < -0.4 is 0 Å². The van der Waals surface area contributed by atoms with Crippen LogP contribution in [-0.4, -0.2) is 37.1 Å². The van der Waals surface area contributed by atoms with E-state index in [1.54, 1.807) is 17.4 Å². The molecule has 37 heavy (non-hydrogen) atoms. The molecule has 0 N–H and O–H groups in total. The van der Waals surface area contributed by atoms with E-state index < -0.39 is 0 Å². The minimum Gasteiger partial charge on any atom is -0.376 e. The first kappa shape index (κ1) is 28.9. The summed E-state index contributed by atoms with van der Waals surface area (Å²) in [5.41, 5.74) is 3.22. The van der Waals surface area contributed by atoms with Crippen molar-refractivity contribution in [1.82, 2.24) is 4.90 Å². The van der Waals surface area contributed by atoms with E-state index in [9.17, 15) is 4.79 Å². The predicted octanol–water partition coefficient (Wildman–Crippen LogP) is 8.45. The summed E-state index contributed by atoms with van der Waals surface area (Å²) in [4.78, 5) is 13.8. The third-order valence-electron chi connectivity index (χ3n) is 11.8. The third-order valence-corrected chi connectivity index (χ3v) is 11.8. The van der Waals surface area contributed by atoms with Gasteiger partial charge in [-0.05, 0) is 105 Å². The molecule has 3 fully saturated rings. The number of amides is 1. The van der Waals surface area contributed by atoms with Crippen molar-refractivity contribution in [1.29, 1.82) is 0 Å². The zero-order valence-electron chi connectivity index (χ0n) is 25.3. The highest BCUT2D eigenvalue weighted by Gasteiger charge is 2.59. The summed E-state index contributed by atoms with van der Waals surface area (Å²) in [6.07, 6.45) is 17.8. The minimum absolute atomic E-state index is 0.0178. The summed E-state index contributed by atoms with van der Waals surface area (Å²) >= 11 is 0. The zero-order chi connectivity index (χ0) is 27.0. The molecule has 4 rings (SSSR count). The standard InChI is InChI=1S/C34H57NO2/c1-23(2)10-9-11-25(5)29-14-15-30-28-13-12-26-22-27(37-21-20-35(8)32(36)24(3)4)16-18-33(26,6)31(28)17-19-34(29,30)7/h12,23,25,27-31H,3,9-11,13-22H2,1-2,4-8H3/t25-,27+,28+,29-,30+,31+,33+,34-/m1/s1. The van der Waals surface area contributed by atoms with Crippen LogP contribution in [-0.2, 0) is 9.53 Å². The van der Waals surface area contributed by atoms with E-state index >= 15 is 0 Å². The summed E-state index contributed by atoms with van der Waals surface area (Å²) < 4.78 is 6.32. The van der Waals surface area contributed by atoms with Crippen molar-refractivity contribution in [2.24, 2.45) is 46.3 Å². The highest BCUT2D eigenvalue weighted by atomic mass is 16.5. The molecule has 0 bridgehead atoms. The van der Waals surface area contributed by atoms with E-state index in [1.165, 1.54) is 57.8 Å². The first-order chi connectivity index (χ1) is 17.5. The van der Waals surface area contributed by atoms with Gasteiger partial charge in [0.2, 0.25) is 5.91 Å². The summed E-state index contributed by atoms with van der Waals surface area (Å²) in [5, 5.41) is 0. The van der Waals surface area contributed by atoms with Crippen LogP contribution in [0.5, 0.6) is 0 Å². The van der Waals surface area contributed by atoms with E-state index in [2.05, 4.69) is 47.3 Å². The fourth-order valence-electron chi connectivity index (χ4n) is 9.58. The van der Waals surface area contributed by atoms with Gasteiger partial charge in [-0.15, -0.1) is 0 Å². The van der Waals surface area contributed by atoms with Gasteiger partial charge in [-0.25, -0.2) is 0 Å². The van der Waals surface area contributed by atoms with Crippen molar-refractivity contribution in [2.75, 3.05) is 20.2 Å². The summed E-state index contributed by atoms with van der Waals surface area (Å²) in [5.74, 6) is 5.35. The Hall–Kier alpha value is -1.09. The lowest BCUT2D eigenvalue weighted by Crippen LogP contribution is -2.51. The number of likely N-dealkylation sites (N-methyl/N-ethyl adjacent to an activating group) is 1. The monoisotopic (exact) mass is 511 g/mol. The molecule has 0 saturated heterocycles. The molecule has 4 aliphatic carbocycles. The second-order valence-electron chi connectivity index (χ2n) is 14.5. The first-order valence-electron chi connectivity index (χ1n) is 15.7. The zero-order valence-corrected chi connectivity index (χ0v) is 25.3. The summed E-state index contributed by atoms with van der Waals surface area (Å²) in [6.45, 7) is 19.4. The lowest BCUT2D eigenvalue weighted by molar-refractivity contribution is -0.127. The number of hydrogen-bond acceptors (Lipinski definition) is 2. The van der Waals surface area contributed by atoms with Crippen LogP contribution >= 0.6 is 0 Å². The van der Waals surface area contributed by atoms with E-state index in [1.807, 2.05) is 7.05 Å². The highest BCUT2D eigenvalue weighted by Crippen LogP contribution is 2.67. The van der Waals surface area contributed by atoms with Gasteiger partial charge >= 0.3 is 0 Å². The Kier molecular flexibility index (Phi) is 9.04. The number of nitrogens with zero attached hydrogens (tertiary/aromatic N) is 1. The third kappa shape index (κ3) is 5.78. The largest absolute Gasteiger partial charge is 0.376 e. The van der Waals surface area contributed by atoms with Crippen LogP contribution in [0.1, 0.15) is 112 Å². The molecule has 4 aliphatic rings. The number of ether oxygens (including phenoxy) is 1. The van der Waals surface area contributed by atoms with Crippen molar-refractivity contribution in [2.45, 2.75) is 118 Å². The molecule has 0 unspecified atom stereocenters. The average molecular weight is 512 g/mol. The van der Waals surface area contributed by atoms with Crippen LogP contribution in [0.4, 0.5) is 0 Å². The lowest BCUT2D eigenvalue weighted by Gasteiger charge is -2.58. The number of carbonyl (C=O) groups excluding carboxylic acids is 1. The predicted molar refractivity (Wildman–Crippen MR) is 155 cm³/mol. The molecule has 3 heteroatoms. The highest BCUT2D eigenvalue weighted by molar-refractivity contribution is 5.91. The van der Waals surface area contributed by atoms with Gasteiger partial charge in [0.25, 0.3) is 0 Å². The molecule has 0 heterocycles. The van der Waals surface area contributed by atoms with Crippen molar-refractivity contribution >= 4 is 5.91 Å². The Balaban J connectivity index is 1.36. The maximum atomic E-state index is 12.1. The van der Waals surface area contributed by atoms with E-state index in [0.717, 1.165) is 48.3 Å². The maximum absolute atomic E-state index is 12.1. The minimum atomic E-state index is 0.0178. The molecule has 210 valence electrons. The molecule has 0 aromatic heterocycles. The molecule has 0 aliphatic heterocycles. The normalized spacial score (nSPS) is 37.8. The Morgan fingerprint density at radius 3 is 2.57 bits per heavy atom. The quantitative estimate of drug-likeness (QED) is 0.217. The molecular formula is C34H57NO2. The number of allylic oxidation sites excluding steroid dienone is 1. The van der Waals surface area contributed by atoms with Crippen LogP contribution in [0.2, 0.25) is 0 Å². The Labute approximate surface area is 228 Å². The Morgan fingerprint density at radius 2 is 1.86 bits per heavy atom. The SMILES string of the molecule is C=C(C)C(=O)N(C)CCO[C@H]1CC[C@@]2(C)C(=CC[C@H]3[C@@H]4CC[C@H]([C@H](C)CCCC(C)C)[C@@]4(C)CC[C@@H]32)C1. The molecule has 3 saturated carbocycles. The number of fused-ring (bicyclic) bond motifs is 5. The van der Waals surface area contributed by atoms with Crippen LogP contribution in [0.3, 0.4) is 0 Å². The van der Waals surface area contributed by atoms with Crippen LogP contribution in [0.25, 0.3) is 0 Å². The molecule has 1 amide bonds. The summed E-state index contributed by atoms with van der Waals surface area (Å²) in [6, 6.07) is 0. The second kappa shape index (κ2) is 11.6. The molecule has 3 nitrogen and oxygen atoms in total. The maximum Gasteiger partial charge on any atom is 0.248 e. The molecule has 0 aromatic rings. The van der Waals surface area contributed by atoms with E-state index in [4.69, 9.17) is 4.74 Å². The number of hydrogen-bond donors (Lipinski definition) is 0. The van der Waals surface area contributed by atoms with Gasteiger partial charge in [0.1, 0.15) is 0 Å². The van der Waals surface area contributed by atoms with Gasteiger partial charge in [0, 0.05) is 19.2 Å². The fourth-order valence-corrected chi connectivity index (χ4v) is 9.58. The molecule has 0 radical (unpaired) electrons. The van der Waals surface area contributed by atoms with Gasteiger partial charge in [0.05, 0.1) is 12.7 Å². The van der Waals surface area contributed by atoms with Crippen LogP contribution in [0.15, 0.2) is 23.8 Å². The van der Waals surface area contributed by atoms with Gasteiger partial charge in [0.15, 0.2) is 0 Å². The first-order valence-corrected chi connectivity index (χ1v) is 15.7. The van der Waals surface area contributed by atoms with E-state index in [-0.39, 0.29) is 5.91 Å².